The zero-order chi connectivity index (χ0) is 15.0. The lowest BCUT2D eigenvalue weighted by Crippen LogP contribution is -2.20. The van der Waals surface area contributed by atoms with Gasteiger partial charge in [0, 0.05) is 11.3 Å². The molecular weight excluding hydrogens is 276 g/mol. The van der Waals surface area contributed by atoms with Crippen LogP contribution in [0.2, 0.25) is 0 Å². The van der Waals surface area contributed by atoms with Gasteiger partial charge in [-0.1, -0.05) is 12.1 Å². The van der Waals surface area contributed by atoms with Gasteiger partial charge >= 0.3 is 0 Å². The summed E-state index contributed by atoms with van der Waals surface area (Å²) in [7, 11) is 0. The number of fused-ring (bicyclic) bond motifs is 1. The number of nitrogens with one attached hydrogen (secondary N) is 2. The van der Waals surface area contributed by atoms with E-state index >= 15 is 0 Å². The van der Waals surface area contributed by atoms with Gasteiger partial charge in [-0.05, 0) is 24.3 Å². The van der Waals surface area contributed by atoms with E-state index < -0.39 is 17.7 Å². The molecule has 2 aromatic carbocycles. The van der Waals surface area contributed by atoms with Gasteiger partial charge in [-0.3, -0.25) is 4.79 Å². The molecule has 2 N–H and O–H groups in total. The molecule has 1 aliphatic heterocycles. The van der Waals surface area contributed by atoms with Crippen LogP contribution in [0.5, 0.6) is 0 Å². The quantitative estimate of drug-likeness (QED) is 0.891. The summed E-state index contributed by atoms with van der Waals surface area (Å²) in [4.78, 5) is 12.0. The lowest BCUT2D eigenvalue weighted by Gasteiger charge is -2.14. The van der Waals surface area contributed by atoms with Crippen LogP contribution >= 0.6 is 0 Å². The summed E-state index contributed by atoms with van der Waals surface area (Å²) < 4.78 is 26.7. The Balaban J connectivity index is 1.99. The lowest BCUT2D eigenvalue weighted by molar-refractivity contribution is -0.116. The first-order valence-electron chi connectivity index (χ1n) is 6.15. The van der Waals surface area contributed by atoms with Gasteiger partial charge in [0.25, 0.3) is 5.91 Å². The highest BCUT2D eigenvalue weighted by atomic mass is 19.1. The van der Waals surface area contributed by atoms with Crippen LogP contribution in [0.1, 0.15) is 17.2 Å². The van der Waals surface area contributed by atoms with E-state index in [4.69, 9.17) is 5.26 Å². The maximum Gasteiger partial charge on any atom is 0.251 e. The van der Waals surface area contributed by atoms with Crippen molar-refractivity contribution in [2.24, 2.45) is 0 Å². The summed E-state index contributed by atoms with van der Waals surface area (Å²) in [5.74, 6) is -1.51. The lowest BCUT2D eigenvalue weighted by atomic mass is 10.1. The van der Waals surface area contributed by atoms with Crippen molar-refractivity contribution in [3.63, 3.8) is 0 Å². The van der Waals surface area contributed by atoms with Crippen molar-refractivity contribution in [1.29, 1.82) is 5.26 Å². The molecule has 1 aliphatic rings. The summed E-state index contributed by atoms with van der Waals surface area (Å²) in [5.41, 5.74) is 0.970. The maximum absolute atomic E-state index is 13.6. The second kappa shape index (κ2) is 4.87. The summed E-state index contributed by atoms with van der Waals surface area (Å²) in [6.45, 7) is 0. The fraction of sp³-hybridized carbons (Fsp3) is 0.0667. The zero-order valence-electron chi connectivity index (χ0n) is 10.7. The largest absolute Gasteiger partial charge is 0.369 e. The Morgan fingerprint density at radius 3 is 2.81 bits per heavy atom. The first-order chi connectivity index (χ1) is 10.1. The molecule has 21 heavy (non-hydrogen) atoms. The van der Waals surface area contributed by atoms with Crippen molar-refractivity contribution in [3.8, 4) is 6.07 Å². The van der Waals surface area contributed by atoms with Crippen LogP contribution in [0.15, 0.2) is 36.4 Å². The Labute approximate surface area is 119 Å². The van der Waals surface area contributed by atoms with Crippen molar-refractivity contribution < 1.29 is 13.6 Å². The van der Waals surface area contributed by atoms with Crippen LogP contribution < -0.4 is 10.6 Å². The molecule has 4 nitrogen and oxygen atoms in total. The normalized spacial score (nSPS) is 16.0. The molecule has 0 bridgehead atoms. The summed E-state index contributed by atoms with van der Waals surface area (Å²) >= 11 is 0. The van der Waals surface area contributed by atoms with E-state index in [0.717, 1.165) is 0 Å². The Hall–Kier alpha value is -2.94. The van der Waals surface area contributed by atoms with Gasteiger partial charge in [0.1, 0.15) is 29.3 Å². The first kappa shape index (κ1) is 13.1. The van der Waals surface area contributed by atoms with Crippen molar-refractivity contribution in [2.45, 2.75) is 6.04 Å². The van der Waals surface area contributed by atoms with Gasteiger partial charge in [0.15, 0.2) is 0 Å². The number of nitrogens with zero attached hydrogens (tertiary/aromatic N) is 1. The highest BCUT2D eigenvalue weighted by Crippen LogP contribution is 2.34. The summed E-state index contributed by atoms with van der Waals surface area (Å²) in [5, 5.41) is 14.4. The predicted octanol–water partition coefficient (Wildman–Crippen LogP) is 2.94. The molecule has 0 saturated heterocycles. The van der Waals surface area contributed by atoms with E-state index in [2.05, 4.69) is 10.6 Å². The third kappa shape index (κ3) is 2.19. The Bertz CT molecular complexity index is 783. The predicted molar refractivity (Wildman–Crippen MR) is 72.5 cm³/mol. The van der Waals surface area contributed by atoms with Gasteiger partial charge in [0.2, 0.25) is 0 Å². The van der Waals surface area contributed by atoms with E-state index in [1.54, 1.807) is 6.07 Å². The molecular formula is C15H9F2N3O. The topological polar surface area (TPSA) is 64.9 Å². The van der Waals surface area contributed by atoms with Gasteiger partial charge in [-0.25, -0.2) is 8.78 Å². The summed E-state index contributed by atoms with van der Waals surface area (Å²) in [6, 6.07) is 9.01. The molecule has 1 unspecified atom stereocenters. The van der Waals surface area contributed by atoms with Crippen LogP contribution in [0.25, 0.3) is 0 Å². The number of nitriles is 1. The smallest absolute Gasteiger partial charge is 0.251 e. The van der Waals surface area contributed by atoms with Gasteiger partial charge in [-0.15, -0.1) is 0 Å². The fourth-order valence-electron chi connectivity index (χ4n) is 2.29. The molecule has 6 heteroatoms. The van der Waals surface area contributed by atoms with Crippen LogP contribution in [-0.2, 0) is 4.79 Å². The average Bonchev–Trinajstić information content (AvgIpc) is 2.74. The second-order valence-corrected chi connectivity index (χ2v) is 4.57. The number of rotatable bonds is 2. The third-order valence-electron chi connectivity index (χ3n) is 3.27. The number of amides is 1. The summed E-state index contributed by atoms with van der Waals surface area (Å²) in [6.07, 6.45) is 0. The molecule has 0 radical (unpaired) electrons. The molecule has 0 aliphatic carbocycles. The molecule has 1 heterocycles. The van der Waals surface area contributed by atoms with Crippen molar-refractivity contribution in [1.82, 2.24) is 0 Å². The number of anilines is 2. The Morgan fingerprint density at radius 1 is 1.24 bits per heavy atom. The minimum absolute atomic E-state index is 0.166. The van der Waals surface area contributed by atoms with E-state index in [0.29, 0.717) is 11.3 Å². The number of carbonyl (C=O) groups excluding carboxylic acids is 1. The molecule has 1 amide bonds. The number of hydrogen-bond acceptors (Lipinski definition) is 3. The van der Waals surface area contributed by atoms with Crippen LogP contribution in [0.3, 0.4) is 0 Å². The Morgan fingerprint density at radius 2 is 2.05 bits per heavy atom. The molecule has 0 fully saturated rings. The maximum atomic E-state index is 13.6. The fourth-order valence-corrected chi connectivity index (χ4v) is 2.29. The minimum Gasteiger partial charge on any atom is -0.369 e. The first-order valence-corrected chi connectivity index (χ1v) is 6.15. The molecule has 0 aromatic heterocycles. The van der Waals surface area contributed by atoms with Gasteiger partial charge < -0.3 is 10.6 Å². The van der Waals surface area contributed by atoms with Gasteiger partial charge in [-0.2, -0.15) is 5.26 Å². The number of carbonyl (C=O) groups is 1. The number of halogens is 2. The number of benzene rings is 2. The van der Waals surface area contributed by atoms with E-state index in [1.165, 1.54) is 36.4 Å². The van der Waals surface area contributed by atoms with Crippen LogP contribution in [-0.4, -0.2) is 5.91 Å². The SMILES string of the molecule is N#Cc1c(F)cccc1NC1C(=O)Nc2cc(F)ccc21. The second-order valence-electron chi connectivity index (χ2n) is 4.57. The standard InChI is InChI=1S/C15H9F2N3O/c16-8-4-5-9-13(6-8)20-15(21)14(9)19-12-3-1-2-11(17)10(12)7-18/h1-6,14,19H,(H,20,21). The Kier molecular flexibility index (Phi) is 3.03. The zero-order valence-corrected chi connectivity index (χ0v) is 10.7. The van der Waals surface area contributed by atoms with E-state index in [9.17, 15) is 13.6 Å². The van der Waals surface area contributed by atoms with Crippen molar-refractivity contribution >= 4 is 17.3 Å². The number of hydrogen-bond donors (Lipinski definition) is 2. The van der Waals surface area contributed by atoms with Crippen molar-refractivity contribution in [2.75, 3.05) is 10.6 Å². The molecule has 2 aromatic rings. The van der Waals surface area contributed by atoms with Crippen LogP contribution in [0, 0.1) is 23.0 Å². The molecule has 3 rings (SSSR count). The highest BCUT2D eigenvalue weighted by molar-refractivity contribution is 6.04. The highest BCUT2D eigenvalue weighted by Gasteiger charge is 2.31. The van der Waals surface area contributed by atoms with E-state index in [1.807, 2.05) is 0 Å². The minimum atomic E-state index is -0.797. The van der Waals surface area contributed by atoms with Crippen molar-refractivity contribution in [3.05, 3.63) is 59.2 Å². The average molecular weight is 285 g/mol. The van der Waals surface area contributed by atoms with Crippen LogP contribution in [0.4, 0.5) is 20.2 Å². The monoisotopic (exact) mass is 285 g/mol. The molecule has 0 spiro atoms. The molecule has 0 saturated carbocycles. The molecule has 1 atom stereocenters. The van der Waals surface area contributed by atoms with Gasteiger partial charge in [0.05, 0.1) is 5.69 Å². The third-order valence-corrected chi connectivity index (χ3v) is 3.27. The molecule has 104 valence electrons. The van der Waals surface area contributed by atoms with E-state index in [-0.39, 0.29) is 17.2 Å².